The van der Waals surface area contributed by atoms with E-state index in [1.807, 2.05) is 48.7 Å². The monoisotopic (exact) mass is 298 g/mol. The molecular formula is C16H14N2O2S. The highest BCUT2D eigenvalue weighted by Crippen LogP contribution is 2.20. The van der Waals surface area contributed by atoms with Gasteiger partial charge in [0.2, 0.25) is 0 Å². The fourth-order valence-electron chi connectivity index (χ4n) is 1.91. The van der Waals surface area contributed by atoms with Crippen LogP contribution in [-0.2, 0) is 6.54 Å². The zero-order chi connectivity index (χ0) is 14.7. The number of carbonyl (C=O) groups is 1. The fraction of sp³-hybridized carbons (Fsp3) is 0.125. The molecule has 1 aromatic carbocycles. The smallest absolute Gasteiger partial charge is 0.261 e. The molecule has 106 valence electrons. The number of carbonyl (C=O) groups excluding carboxylic acids is 1. The molecule has 0 fully saturated rings. The second-order valence-corrected chi connectivity index (χ2v) is 5.66. The number of rotatable bonds is 4. The van der Waals surface area contributed by atoms with Gasteiger partial charge >= 0.3 is 0 Å². The van der Waals surface area contributed by atoms with Crippen molar-refractivity contribution in [1.82, 2.24) is 10.5 Å². The second kappa shape index (κ2) is 5.93. The molecule has 1 N–H and O–H groups in total. The van der Waals surface area contributed by atoms with Crippen molar-refractivity contribution in [3.05, 3.63) is 64.0 Å². The minimum atomic E-state index is -0.0927. The van der Waals surface area contributed by atoms with Crippen LogP contribution in [0.3, 0.4) is 0 Å². The zero-order valence-electron chi connectivity index (χ0n) is 11.5. The molecular weight excluding hydrogens is 284 g/mol. The van der Waals surface area contributed by atoms with Gasteiger partial charge in [0.25, 0.3) is 5.91 Å². The van der Waals surface area contributed by atoms with Crippen LogP contribution in [0.2, 0.25) is 0 Å². The molecule has 0 aliphatic heterocycles. The number of thiophene rings is 1. The molecule has 3 aromatic rings. The van der Waals surface area contributed by atoms with E-state index in [0.717, 1.165) is 5.56 Å². The number of benzene rings is 1. The van der Waals surface area contributed by atoms with E-state index in [2.05, 4.69) is 10.5 Å². The third kappa shape index (κ3) is 3.20. The van der Waals surface area contributed by atoms with E-state index in [9.17, 15) is 4.79 Å². The van der Waals surface area contributed by atoms with Gasteiger partial charge < -0.3 is 9.84 Å². The fourth-order valence-corrected chi connectivity index (χ4v) is 2.55. The molecule has 3 rings (SSSR count). The average molecular weight is 298 g/mol. The normalized spacial score (nSPS) is 10.5. The Hall–Kier alpha value is -2.40. The molecule has 0 aliphatic carbocycles. The molecule has 2 heterocycles. The van der Waals surface area contributed by atoms with Crippen molar-refractivity contribution < 1.29 is 9.32 Å². The van der Waals surface area contributed by atoms with Gasteiger partial charge in [-0.1, -0.05) is 41.1 Å². The summed E-state index contributed by atoms with van der Waals surface area (Å²) in [6.07, 6.45) is 0. The minimum absolute atomic E-state index is 0.0927. The van der Waals surface area contributed by atoms with Crippen molar-refractivity contribution in [2.24, 2.45) is 0 Å². The number of aromatic nitrogens is 1. The summed E-state index contributed by atoms with van der Waals surface area (Å²) in [5.41, 5.74) is 2.88. The lowest BCUT2D eigenvalue weighted by Gasteiger charge is -1.99. The lowest BCUT2D eigenvalue weighted by Crippen LogP contribution is -2.21. The van der Waals surface area contributed by atoms with Gasteiger partial charge in [-0.05, 0) is 18.4 Å². The van der Waals surface area contributed by atoms with Crippen molar-refractivity contribution in [3.8, 4) is 11.3 Å². The van der Waals surface area contributed by atoms with Gasteiger partial charge in [-0.3, -0.25) is 4.79 Å². The average Bonchev–Trinajstić information content (AvgIpc) is 3.17. The van der Waals surface area contributed by atoms with Crippen molar-refractivity contribution in [2.75, 3.05) is 0 Å². The maximum absolute atomic E-state index is 11.8. The quantitative estimate of drug-likeness (QED) is 0.800. The first-order valence-electron chi connectivity index (χ1n) is 6.57. The highest BCUT2D eigenvalue weighted by molar-refractivity contribution is 7.12. The van der Waals surface area contributed by atoms with E-state index in [0.29, 0.717) is 22.9 Å². The lowest BCUT2D eigenvalue weighted by molar-refractivity contribution is 0.0954. The molecule has 0 saturated heterocycles. The topological polar surface area (TPSA) is 55.1 Å². The Morgan fingerprint density at radius 2 is 2.10 bits per heavy atom. The summed E-state index contributed by atoms with van der Waals surface area (Å²) in [6, 6.07) is 13.5. The SMILES string of the molecule is Cc1ccc(-c2cc(CNC(=O)c3cccs3)no2)cc1. The summed E-state index contributed by atoms with van der Waals surface area (Å²) < 4.78 is 5.31. The van der Waals surface area contributed by atoms with Gasteiger partial charge in [-0.15, -0.1) is 11.3 Å². The second-order valence-electron chi connectivity index (χ2n) is 4.71. The van der Waals surface area contributed by atoms with Crippen LogP contribution in [0, 0.1) is 6.92 Å². The summed E-state index contributed by atoms with van der Waals surface area (Å²) in [5, 5.41) is 8.68. The maximum atomic E-state index is 11.8. The van der Waals surface area contributed by atoms with Gasteiger partial charge in [-0.2, -0.15) is 0 Å². The molecule has 0 unspecified atom stereocenters. The molecule has 0 aliphatic rings. The molecule has 0 radical (unpaired) electrons. The lowest BCUT2D eigenvalue weighted by atomic mass is 10.1. The van der Waals surface area contributed by atoms with Crippen LogP contribution in [0.15, 0.2) is 52.4 Å². The molecule has 21 heavy (non-hydrogen) atoms. The Morgan fingerprint density at radius 3 is 2.81 bits per heavy atom. The number of amides is 1. The molecule has 4 nitrogen and oxygen atoms in total. The van der Waals surface area contributed by atoms with Crippen molar-refractivity contribution in [1.29, 1.82) is 0 Å². The largest absolute Gasteiger partial charge is 0.356 e. The molecule has 0 saturated carbocycles. The summed E-state index contributed by atoms with van der Waals surface area (Å²) in [4.78, 5) is 12.5. The van der Waals surface area contributed by atoms with Crippen LogP contribution in [-0.4, -0.2) is 11.1 Å². The van der Waals surface area contributed by atoms with E-state index in [1.54, 1.807) is 6.07 Å². The van der Waals surface area contributed by atoms with Gasteiger partial charge in [-0.25, -0.2) is 0 Å². The van der Waals surface area contributed by atoms with Gasteiger partial charge in [0.05, 0.1) is 11.4 Å². The Bertz CT molecular complexity index is 730. The highest BCUT2D eigenvalue weighted by atomic mass is 32.1. The number of nitrogens with one attached hydrogen (secondary N) is 1. The molecule has 0 spiro atoms. The first-order chi connectivity index (χ1) is 10.2. The van der Waals surface area contributed by atoms with Gasteiger partial charge in [0, 0.05) is 11.6 Å². The van der Waals surface area contributed by atoms with Crippen LogP contribution in [0.1, 0.15) is 20.9 Å². The number of aryl methyl sites for hydroxylation is 1. The first kappa shape index (κ1) is 13.6. The van der Waals surface area contributed by atoms with E-state index in [-0.39, 0.29) is 5.91 Å². The van der Waals surface area contributed by atoms with E-state index < -0.39 is 0 Å². The summed E-state index contributed by atoms with van der Waals surface area (Å²) >= 11 is 1.41. The Labute approximate surface area is 126 Å². The Balaban J connectivity index is 1.65. The molecule has 1 amide bonds. The molecule has 5 heteroatoms. The zero-order valence-corrected chi connectivity index (χ0v) is 12.3. The molecule has 0 bridgehead atoms. The van der Waals surface area contributed by atoms with Crippen LogP contribution in [0.4, 0.5) is 0 Å². The van der Waals surface area contributed by atoms with Gasteiger partial charge in [0.15, 0.2) is 5.76 Å². The highest BCUT2D eigenvalue weighted by Gasteiger charge is 2.09. The van der Waals surface area contributed by atoms with Crippen LogP contribution in [0.5, 0.6) is 0 Å². The van der Waals surface area contributed by atoms with Crippen LogP contribution >= 0.6 is 11.3 Å². The number of hydrogen-bond donors (Lipinski definition) is 1. The maximum Gasteiger partial charge on any atom is 0.261 e. The number of hydrogen-bond acceptors (Lipinski definition) is 4. The standard InChI is InChI=1S/C16H14N2O2S/c1-11-4-6-12(7-5-11)14-9-13(18-20-14)10-17-16(19)15-3-2-8-21-15/h2-9H,10H2,1H3,(H,17,19). The number of nitrogens with zero attached hydrogens (tertiary/aromatic N) is 1. The predicted octanol–water partition coefficient (Wildman–Crippen LogP) is 3.64. The Morgan fingerprint density at radius 1 is 1.29 bits per heavy atom. The predicted molar refractivity (Wildman–Crippen MR) is 82.2 cm³/mol. The van der Waals surface area contributed by atoms with Crippen LogP contribution < -0.4 is 5.32 Å². The Kier molecular flexibility index (Phi) is 3.83. The minimum Gasteiger partial charge on any atom is -0.356 e. The van der Waals surface area contributed by atoms with Crippen molar-refractivity contribution in [2.45, 2.75) is 13.5 Å². The third-order valence-electron chi connectivity index (χ3n) is 3.07. The van der Waals surface area contributed by atoms with Crippen LogP contribution in [0.25, 0.3) is 11.3 Å². The molecule has 0 atom stereocenters. The van der Waals surface area contributed by atoms with Gasteiger partial charge in [0.1, 0.15) is 5.69 Å². The van der Waals surface area contributed by atoms with E-state index >= 15 is 0 Å². The molecule has 2 aromatic heterocycles. The summed E-state index contributed by atoms with van der Waals surface area (Å²) in [7, 11) is 0. The first-order valence-corrected chi connectivity index (χ1v) is 7.45. The van der Waals surface area contributed by atoms with E-state index in [4.69, 9.17) is 4.52 Å². The van der Waals surface area contributed by atoms with Crippen molar-refractivity contribution >= 4 is 17.2 Å². The van der Waals surface area contributed by atoms with E-state index in [1.165, 1.54) is 16.9 Å². The summed E-state index contributed by atoms with van der Waals surface area (Å²) in [5.74, 6) is 0.611. The van der Waals surface area contributed by atoms with Crippen molar-refractivity contribution in [3.63, 3.8) is 0 Å². The summed E-state index contributed by atoms with van der Waals surface area (Å²) in [6.45, 7) is 2.39. The third-order valence-corrected chi connectivity index (χ3v) is 3.94.